The van der Waals surface area contributed by atoms with Gasteiger partial charge in [0.15, 0.2) is 0 Å². The number of aliphatic carboxylic acids is 1. The summed E-state index contributed by atoms with van der Waals surface area (Å²) >= 11 is 1.34. The summed E-state index contributed by atoms with van der Waals surface area (Å²) in [5.74, 6) is 2.54. The predicted octanol–water partition coefficient (Wildman–Crippen LogP) is 0.828. The van der Waals surface area contributed by atoms with E-state index >= 15 is 0 Å². The van der Waals surface area contributed by atoms with Gasteiger partial charge in [0.2, 0.25) is 0 Å². The number of thioether (sulfide) groups is 1. The molecule has 0 aromatic rings. The maximum Gasteiger partial charge on any atom is 0.313 e. The standard InChI is InChI=1S/C6H8O2S/c1-2-3-4-9-5-6(7)8/h1H,3-5H2,(H,7,8). The summed E-state index contributed by atoms with van der Waals surface area (Å²) in [7, 11) is 0. The Morgan fingerprint density at radius 1 is 1.78 bits per heavy atom. The summed E-state index contributed by atoms with van der Waals surface area (Å²) in [6.07, 6.45) is 5.59. The third kappa shape index (κ3) is 7.38. The van der Waals surface area contributed by atoms with Crippen molar-refractivity contribution in [3.05, 3.63) is 0 Å². The van der Waals surface area contributed by atoms with Crippen LogP contribution in [-0.2, 0) is 4.79 Å². The minimum atomic E-state index is -0.781. The second-order valence-corrected chi connectivity index (χ2v) is 2.51. The molecule has 0 saturated carbocycles. The van der Waals surface area contributed by atoms with Gasteiger partial charge in [0.1, 0.15) is 0 Å². The van der Waals surface area contributed by atoms with Crippen LogP contribution in [0.2, 0.25) is 0 Å². The molecule has 0 atom stereocenters. The first kappa shape index (κ1) is 8.38. The highest BCUT2D eigenvalue weighted by Gasteiger charge is 1.93. The number of hydrogen-bond donors (Lipinski definition) is 1. The molecule has 1 N–H and O–H groups in total. The van der Waals surface area contributed by atoms with Crippen LogP contribution in [-0.4, -0.2) is 22.6 Å². The molecule has 0 aliphatic heterocycles. The fraction of sp³-hybridized carbons (Fsp3) is 0.500. The Hall–Kier alpha value is -0.620. The number of carboxylic acids is 1. The molecule has 0 rings (SSSR count). The molecular formula is C6H8O2S. The molecule has 0 saturated heterocycles. The van der Waals surface area contributed by atoms with Crippen LogP contribution in [0.25, 0.3) is 0 Å². The van der Waals surface area contributed by atoms with Gasteiger partial charge in [0.05, 0.1) is 5.75 Å². The van der Waals surface area contributed by atoms with Crippen LogP contribution >= 0.6 is 11.8 Å². The molecule has 0 spiro atoms. The highest BCUT2D eigenvalue weighted by molar-refractivity contribution is 7.99. The molecule has 9 heavy (non-hydrogen) atoms. The third-order valence-corrected chi connectivity index (χ3v) is 1.56. The highest BCUT2D eigenvalue weighted by atomic mass is 32.2. The van der Waals surface area contributed by atoms with Crippen LogP contribution in [0, 0.1) is 12.3 Å². The SMILES string of the molecule is C#CCCSCC(=O)O. The monoisotopic (exact) mass is 144 g/mol. The van der Waals surface area contributed by atoms with E-state index in [1.54, 1.807) is 0 Å². The zero-order chi connectivity index (χ0) is 7.11. The van der Waals surface area contributed by atoms with Crippen molar-refractivity contribution in [3.8, 4) is 12.3 Å². The first-order valence-electron chi connectivity index (χ1n) is 2.50. The van der Waals surface area contributed by atoms with Crippen LogP contribution < -0.4 is 0 Å². The molecule has 0 aromatic carbocycles. The minimum absolute atomic E-state index is 0.154. The lowest BCUT2D eigenvalue weighted by atomic mass is 10.5. The van der Waals surface area contributed by atoms with Crippen LogP contribution in [0.15, 0.2) is 0 Å². The lowest BCUT2D eigenvalue weighted by Crippen LogP contribution is -1.98. The molecule has 50 valence electrons. The molecule has 0 amide bonds. The van der Waals surface area contributed by atoms with Gasteiger partial charge in [-0.1, -0.05) is 0 Å². The minimum Gasteiger partial charge on any atom is -0.481 e. The predicted molar refractivity (Wildman–Crippen MR) is 38.4 cm³/mol. The molecule has 2 nitrogen and oxygen atoms in total. The van der Waals surface area contributed by atoms with E-state index in [1.165, 1.54) is 11.8 Å². The third-order valence-electron chi connectivity index (χ3n) is 0.616. The lowest BCUT2D eigenvalue weighted by molar-refractivity contribution is -0.133. The van der Waals surface area contributed by atoms with Crippen LogP contribution in [0.4, 0.5) is 0 Å². The number of hydrogen-bond acceptors (Lipinski definition) is 2. The summed E-state index contributed by atoms with van der Waals surface area (Å²) in [6.45, 7) is 0. The average Bonchev–Trinajstić information content (AvgIpc) is 1.80. The molecule has 0 fully saturated rings. The van der Waals surface area contributed by atoms with Crippen LogP contribution in [0.3, 0.4) is 0 Å². The van der Waals surface area contributed by atoms with Crippen LogP contribution in [0.5, 0.6) is 0 Å². The quantitative estimate of drug-likeness (QED) is 0.469. The Labute approximate surface area is 58.6 Å². The Balaban J connectivity index is 2.94. The Bertz CT molecular complexity index is 126. The van der Waals surface area contributed by atoms with Crippen molar-refractivity contribution in [2.24, 2.45) is 0 Å². The van der Waals surface area contributed by atoms with Gasteiger partial charge in [-0.05, 0) is 0 Å². The van der Waals surface area contributed by atoms with E-state index < -0.39 is 5.97 Å². The van der Waals surface area contributed by atoms with Gasteiger partial charge in [0, 0.05) is 12.2 Å². The van der Waals surface area contributed by atoms with Gasteiger partial charge in [-0.25, -0.2) is 0 Å². The van der Waals surface area contributed by atoms with E-state index in [0.717, 1.165) is 5.75 Å². The summed E-state index contributed by atoms with van der Waals surface area (Å²) < 4.78 is 0. The van der Waals surface area contributed by atoms with E-state index in [0.29, 0.717) is 6.42 Å². The van der Waals surface area contributed by atoms with E-state index in [1.807, 2.05) is 0 Å². The Morgan fingerprint density at radius 2 is 2.44 bits per heavy atom. The van der Waals surface area contributed by atoms with Crippen molar-refractivity contribution in [2.75, 3.05) is 11.5 Å². The zero-order valence-corrected chi connectivity index (χ0v) is 5.78. The molecule has 0 aliphatic rings. The Morgan fingerprint density at radius 3 is 2.89 bits per heavy atom. The molecule has 0 aliphatic carbocycles. The average molecular weight is 144 g/mol. The summed E-state index contributed by atoms with van der Waals surface area (Å²) in [5, 5.41) is 8.14. The van der Waals surface area contributed by atoms with E-state index in [-0.39, 0.29) is 5.75 Å². The zero-order valence-electron chi connectivity index (χ0n) is 4.96. The molecular weight excluding hydrogens is 136 g/mol. The van der Waals surface area contributed by atoms with Crippen molar-refractivity contribution in [2.45, 2.75) is 6.42 Å². The topological polar surface area (TPSA) is 37.3 Å². The molecule has 0 aromatic heterocycles. The fourth-order valence-electron chi connectivity index (χ4n) is 0.291. The largest absolute Gasteiger partial charge is 0.481 e. The van der Waals surface area contributed by atoms with Crippen LogP contribution in [0.1, 0.15) is 6.42 Å². The summed E-state index contributed by atoms with van der Waals surface area (Å²) in [4.78, 5) is 9.89. The van der Waals surface area contributed by atoms with Crippen molar-refractivity contribution in [1.82, 2.24) is 0 Å². The van der Waals surface area contributed by atoms with Crippen molar-refractivity contribution in [3.63, 3.8) is 0 Å². The van der Waals surface area contributed by atoms with E-state index in [2.05, 4.69) is 5.92 Å². The maximum atomic E-state index is 9.89. The number of carbonyl (C=O) groups is 1. The number of terminal acetylenes is 1. The fourth-order valence-corrected chi connectivity index (χ4v) is 0.872. The highest BCUT2D eigenvalue weighted by Crippen LogP contribution is 1.99. The molecule has 0 heterocycles. The number of rotatable bonds is 4. The van der Waals surface area contributed by atoms with Crippen molar-refractivity contribution < 1.29 is 9.90 Å². The van der Waals surface area contributed by atoms with Gasteiger partial charge in [-0.15, -0.1) is 24.1 Å². The van der Waals surface area contributed by atoms with Gasteiger partial charge < -0.3 is 5.11 Å². The van der Waals surface area contributed by atoms with Gasteiger partial charge in [0.25, 0.3) is 0 Å². The van der Waals surface area contributed by atoms with Gasteiger partial charge >= 0.3 is 5.97 Å². The second kappa shape index (κ2) is 5.52. The summed E-state index contributed by atoms with van der Waals surface area (Å²) in [6, 6.07) is 0. The first-order valence-corrected chi connectivity index (χ1v) is 3.66. The van der Waals surface area contributed by atoms with Gasteiger partial charge in [-0.2, -0.15) is 0 Å². The van der Waals surface area contributed by atoms with E-state index in [9.17, 15) is 4.79 Å². The Kier molecular flexibility index (Phi) is 5.14. The maximum absolute atomic E-state index is 9.89. The number of carboxylic acid groups (broad SMARTS) is 1. The molecule has 0 radical (unpaired) electrons. The molecule has 3 heteroatoms. The lowest BCUT2D eigenvalue weighted by Gasteiger charge is -1.90. The second-order valence-electron chi connectivity index (χ2n) is 1.40. The van der Waals surface area contributed by atoms with Crippen molar-refractivity contribution in [1.29, 1.82) is 0 Å². The molecule has 0 unspecified atom stereocenters. The molecule has 0 bridgehead atoms. The smallest absolute Gasteiger partial charge is 0.313 e. The first-order chi connectivity index (χ1) is 4.27. The van der Waals surface area contributed by atoms with Crippen molar-refractivity contribution >= 4 is 17.7 Å². The van der Waals surface area contributed by atoms with E-state index in [4.69, 9.17) is 11.5 Å². The van der Waals surface area contributed by atoms with Gasteiger partial charge in [-0.3, -0.25) is 4.79 Å². The summed E-state index contributed by atoms with van der Waals surface area (Å²) in [5.41, 5.74) is 0. The normalized spacial score (nSPS) is 8.33.